The van der Waals surface area contributed by atoms with Crippen LogP contribution >= 0.6 is 11.8 Å². The number of hydrogen-bond donors (Lipinski definition) is 2. The van der Waals surface area contributed by atoms with Crippen LogP contribution in [0.3, 0.4) is 0 Å². The van der Waals surface area contributed by atoms with Crippen molar-refractivity contribution in [3.05, 3.63) is 80.6 Å². The summed E-state index contributed by atoms with van der Waals surface area (Å²) in [6.45, 7) is -0.865. The number of fused-ring (bicyclic) bond motifs is 4. The van der Waals surface area contributed by atoms with E-state index in [1.165, 1.54) is 11.8 Å². The molecule has 36 heavy (non-hydrogen) atoms. The van der Waals surface area contributed by atoms with Crippen molar-refractivity contribution in [1.29, 1.82) is 0 Å². The van der Waals surface area contributed by atoms with Gasteiger partial charge in [0, 0.05) is 34.3 Å². The summed E-state index contributed by atoms with van der Waals surface area (Å²) in [5.41, 5.74) is 3.18. The van der Waals surface area contributed by atoms with Gasteiger partial charge in [0.15, 0.2) is 23.1 Å². The lowest BCUT2D eigenvalue weighted by molar-refractivity contribution is -0.0721. The number of nitrogens with zero attached hydrogens (tertiary/aromatic N) is 2. The van der Waals surface area contributed by atoms with Crippen LogP contribution in [0, 0.1) is 11.6 Å². The Bertz CT molecular complexity index is 1510. The number of thioether (sulfide) groups is 1. The lowest BCUT2D eigenvalue weighted by Crippen LogP contribution is -2.60. The summed E-state index contributed by atoms with van der Waals surface area (Å²) in [5.74, 6) is -6.91. The molecule has 1 unspecified atom stereocenters. The number of benzene rings is 2. The van der Waals surface area contributed by atoms with Gasteiger partial charge in [0.2, 0.25) is 5.43 Å². The van der Waals surface area contributed by atoms with Crippen LogP contribution in [0.25, 0.3) is 11.3 Å². The quantitative estimate of drug-likeness (QED) is 0.467. The standard InChI is InChI=1S/C25H19F4N3O3S/c26-16-8-14(13-7-12-3-1-2-4-19(12)36-10-15(13)21(16)27)17-9-18(33)23(34)22-24(35)31-11-25(28,29)6-5-20(31)30-32(17)22/h1-4,8-9,20,30,34H,5-7,10-11H2. The zero-order chi connectivity index (χ0) is 25.4. The van der Waals surface area contributed by atoms with E-state index in [9.17, 15) is 32.3 Å². The van der Waals surface area contributed by atoms with Gasteiger partial charge in [-0.15, -0.1) is 11.8 Å². The van der Waals surface area contributed by atoms with Crippen LogP contribution in [0.5, 0.6) is 5.75 Å². The van der Waals surface area contributed by atoms with Crippen LogP contribution in [0.2, 0.25) is 0 Å². The number of carbonyl (C=O) groups excluding carboxylic acids is 1. The molecule has 1 atom stereocenters. The van der Waals surface area contributed by atoms with Crippen molar-refractivity contribution in [3.63, 3.8) is 0 Å². The predicted molar refractivity (Wildman–Crippen MR) is 125 cm³/mol. The summed E-state index contributed by atoms with van der Waals surface area (Å²) in [7, 11) is 0. The van der Waals surface area contributed by atoms with Gasteiger partial charge in [-0.3, -0.25) is 9.59 Å². The molecule has 0 aliphatic carbocycles. The van der Waals surface area contributed by atoms with Gasteiger partial charge in [0.1, 0.15) is 6.17 Å². The topological polar surface area (TPSA) is 74.6 Å². The highest BCUT2D eigenvalue weighted by Gasteiger charge is 2.46. The molecule has 0 saturated carbocycles. The molecule has 1 aromatic heterocycles. The Kier molecular flexibility index (Phi) is 5.12. The van der Waals surface area contributed by atoms with Crippen molar-refractivity contribution in [3.8, 4) is 17.0 Å². The van der Waals surface area contributed by atoms with Gasteiger partial charge >= 0.3 is 0 Å². The number of carbonyl (C=O) groups is 1. The molecule has 3 aromatic rings. The second-order valence-corrected chi connectivity index (χ2v) is 10.2. The number of aromatic nitrogens is 1. The zero-order valence-electron chi connectivity index (χ0n) is 18.7. The predicted octanol–water partition coefficient (Wildman–Crippen LogP) is 4.45. The smallest absolute Gasteiger partial charge is 0.278 e. The first-order valence-corrected chi connectivity index (χ1v) is 12.3. The summed E-state index contributed by atoms with van der Waals surface area (Å²) in [6.07, 6.45) is -1.12. The number of alkyl halides is 2. The molecule has 4 heterocycles. The molecule has 3 aliphatic heterocycles. The highest BCUT2D eigenvalue weighted by molar-refractivity contribution is 7.98. The van der Waals surface area contributed by atoms with E-state index < -0.39 is 59.5 Å². The minimum atomic E-state index is -3.11. The molecule has 0 radical (unpaired) electrons. The number of nitrogens with one attached hydrogen (secondary N) is 1. The number of rotatable bonds is 1. The van der Waals surface area contributed by atoms with Crippen molar-refractivity contribution in [2.45, 2.75) is 42.0 Å². The van der Waals surface area contributed by atoms with Gasteiger partial charge in [-0.25, -0.2) is 22.2 Å². The van der Waals surface area contributed by atoms with E-state index in [0.717, 1.165) is 32.2 Å². The largest absolute Gasteiger partial charge is 0.502 e. The van der Waals surface area contributed by atoms with E-state index in [0.29, 0.717) is 5.56 Å². The summed E-state index contributed by atoms with van der Waals surface area (Å²) < 4.78 is 59.1. The van der Waals surface area contributed by atoms with Crippen molar-refractivity contribution in [2.75, 3.05) is 12.0 Å². The van der Waals surface area contributed by atoms with Gasteiger partial charge in [-0.05, 0) is 36.1 Å². The fourth-order valence-corrected chi connectivity index (χ4v) is 6.23. The van der Waals surface area contributed by atoms with E-state index in [2.05, 4.69) is 5.43 Å². The first kappa shape index (κ1) is 23.0. The number of piperidine rings is 1. The van der Waals surface area contributed by atoms with Gasteiger partial charge in [-0.2, -0.15) is 0 Å². The van der Waals surface area contributed by atoms with Crippen LogP contribution in [0.4, 0.5) is 17.6 Å². The lowest BCUT2D eigenvalue weighted by atomic mass is 9.92. The minimum Gasteiger partial charge on any atom is -0.502 e. The van der Waals surface area contributed by atoms with Crippen LogP contribution in [-0.4, -0.2) is 39.2 Å². The molecule has 186 valence electrons. The summed E-state index contributed by atoms with van der Waals surface area (Å²) in [5, 5.41) is 10.5. The highest BCUT2D eigenvalue weighted by Crippen LogP contribution is 2.41. The zero-order valence-corrected chi connectivity index (χ0v) is 19.5. The minimum absolute atomic E-state index is 0.0395. The summed E-state index contributed by atoms with van der Waals surface area (Å²) in [6, 6.07) is 9.47. The maximum Gasteiger partial charge on any atom is 0.278 e. The third kappa shape index (κ3) is 3.47. The summed E-state index contributed by atoms with van der Waals surface area (Å²) >= 11 is 1.37. The average molecular weight is 518 g/mol. The van der Waals surface area contributed by atoms with E-state index in [1.807, 2.05) is 24.3 Å². The Morgan fingerprint density at radius 1 is 1.11 bits per heavy atom. The number of pyridine rings is 1. The van der Waals surface area contributed by atoms with Crippen LogP contribution < -0.4 is 10.9 Å². The Morgan fingerprint density at radius 3 is 2.69 bits per heavy atom. The first-order chi connectivity index (χ1) is 17.1. The molecule has 3 aliphatic rings. The van der Waals surface area contributed by atoms with Crippen molar-refractivity contribution >= 4 is 17.7 Å². The molecular weight excluding hydrogens is 498 g/mol. The molecule has 6 nitrogen and oxygen atoms in total. The van der Waals surface area contributed by atoms with Gasteiger partial charge < -0.3 is 15.4 Å². The molecule has 1 saturated heterocycles. The molecule has 0 bridgehead atoms. The maximum atomic E-state index is 15.0. The van der Waals surface area contributed by atoms with Gasteiger partial charge in [0.25, 0.3) is 11.8 Å². The van der Waals surface area contributed by atoms with Crippen molar-refractivity contribution in [1.82, 2.24) is 9.58 Å². The van der Waals surface area contributed by atoms with E-state index in [4.69, 9.17) is 0 Å². The number of halogens is 4. The SMILES string of the molecule is O=C1c2c(O)c(=O)cc(-c3cc(F)c(F)c4c3Cc3ccccc3SC4)n2NC2CCC(F)(F)CN12. The van der Waals surface area contributed by atoms with Crippen molar-refractivity contribution < 1.29 is 27.5 Å². The molecule has 2 N–H and O–H groups in total. The summed E-state index contributed by atoms with van der Waals surface area (Å²) in [4.78, 5) is 27.7. The third-order valence-corrected chi connectivity index (χ3v) is 8.06. The Labute approximate surface area is 206 Å². The van der Waals surface area contributed by atoms with E-state index >= 15 is 0 Å². The second kappa shape index (κ2) is 8.02. The van der Waals surface area contributed by atoms with Gasteiger partial charge in [-0.1, -0.05) is 18.2 Å². The molecule has 11 heteroatoms. The Morgan fingerprint density at radius 2 is 1.89 bits per heavy atom. The molecule has 6 rings (SSSR count). The maximum absolute atomic E-state index is 15.0. The lowest BCUT2D eigenvalue weighted by Gasteiger charge is -2.44. The third-order valence-electron chi connectivity index (χ3n) is 6.92. The number of amides is 1. The molecule has 0 spiro atoms. The highest BCUT2D eigenvalue weighted by atomic mass is 32.2. The molecular formula is C25H19F4N3O3S. The fraction of sp³-hybridized carbons (Fsp3) is 0.280. The van der Waals surface area contributed by atoms with Crippen LogP contribution in [0.15, 0.2) is 46.1 Å². The fourth-order valence-electron chi connectivity index (χ4n) is 5.13. The van der Waals surface area contributed by atoms with Crippen LogP contribution in [-0.2, 0) is 12.2 Å². The first-order valence-electron chi connectivity index (χ1n) is 11.3. The number of hydrogen-bond acceptors (Lipinski definition) is 5. The Hall–Kier alpha value is -3.47. The molecule has 1 amide bonds. The second-order valence-electron chi connectivity index (χ2n) is 9.15. The average Bonchev–Trinajstić information content (AvgIpc) is 3.04. The normalized spacial score (nSPS) is 19.9. The number of aromatic hydroxyl groups is 1. The monoisotopic (exact) mass is 517 g/mol. The Balaban J connectivity index is 1.58. The van der Waals surface area contributed by atoms with E-state index in [-0.39, 0.29) is 35.4 Å². The van der Waals surface area contributed by atoms with Crippen molar-refractivity contribution in [2.24, 2.45) is 0 Å². The van der Waals surface area contributed by atoms with Gasteiger partial charge in [0.05, 0.1) is 12.2 Å². The van der Waals surface area contributed by atoms with E-state index in [1.54, 1.807) is 0 Å². The van der Waals surface area contributed by atoms with Crippen LogP contribution in [0.1, 0.15) is 40.0 Å². The molecule has 1 fully saturated rings. The molecule has 2 aromatic carbocycles.